The van der Waals surface area contributed by atoms with E-state index in [1.54, 1.807) is 12.3 Å². The van der Waals surface area contributed by atoms with E-state index in [-0.39, 0.29) is 6.61 Å². The lowest BCUT2D eigenvalue weighted by Gasteiger charge is -1.95. The molecular formula is C8H7BrN4O2. The molecule has 0 bridgehead atoms. The van der Waals surface area contributed by atoms with Crippen LogP contribution in [0.2, 0.25) is 0 Å². The third kappa shape index (κ3) is 2.20. The molecule has 6 nitrogen and oxygen atoms in total. The number of rotatable bonds is 3. The minimum atomic E-state index is 0.0808. The van der Waals surface area contributed by atoms with Crippen LogP contribution in [0.3, 0.4) is 0 Å². The Kier molecular flexibility index (Phi) is 3.05. The van der Waals surface area contributed by atoms with Crippen molar-refractivity contribution in [3.63, 3.8) is 0 Å². The van der Waals surface area contributed by atoms with Crippen molar-refractivity contribution in [2.45, 2.75) is 6.61 Å². The molecule has 0 atom stereocenters. The second kappa shape index (κ2) is 4.47. The van der Waals surface area contributed by atoms with Crippen molar-refractivity contribution in [3.8, 4) is 11.5 Å². The first-order valence-corrected chi connectivity index (χ1v) is 4.85. The minimum Gasteiger partial charge on any atom is -0.336 e. The molecule has 0 spiro atoms. The Morgan fingerprint density at radius 2 is 2.40 bits per heavy atom. The van der Waals surface area contributed by atoms with E-state index in [2.05, 4.69) is 35.9 Å². The maximum absolute atomic E-state index is 4.89. The number of nitrogens with two attached hydrogens (primary N) is 1. The maximum atomic E-state index is 4.89. The molecule has 0 aliphatic heterocycles. The first kappa shape index (κ1) is 10.2. The van der Waals surface area contributed by atoms with E-state index in [1.807, 2.05) is 6.07 Å². The van der Waals surface area contributed by atoms with Crippen LogP contribution in [0.5, 0.6) is 0 Å². The van der Waals surface area contributed by atoms with E-state index in [0.29, 0.717) is 17.4 Å². The summed E-state index contributed by atoms with van der Waals surface area (Å²) in [7, 11) is 0. The Balaban J connectivity index is 2.33. The van der Waals surface area contributed by atoms with Gasteiger partial charge < -0.3 is 4.52 Å². The number of halogens is 1. The zero-order valence-electron chi connectivity index (χ0n) is 7.55. The zero-order chi connectivity index (χ0) is 10.7. The number of hydrogen-bond acceptors (Lipinski definition) is 6. The molecule has 2 N–H and O–H groups in total. The maximum Gasteiger partial charge on any atom is 0.255 e. The summed E-state index contributed by atoms with van der Waals surface area (Å²) in [5, 5.41) is 3.75. The fraction of sp³-hybridized carbons (Fsp3) is 0.125. The second-order valence-corrected chi connectivity index (χ2v) is 3.51. The molecule has 0 radical (unpaired) electrons. The molecule has 0 saturated carbocycles. The number of hydrogen-bond donors (Lipinski definition) is 1. The molecule has 0 saturated heterocycles. The van der Waals surface area contributed by atoms with Crippen molar-refractivity contribution in [1.29, 1.82) is 0 Å². The van der Waals surface area contributed by atoms with E-state index in [9.17, 15) is 0 Å². The quantitative estimate of drug-likeness (QED) is 0.846. The average Bonchev–Trinajstić information content (AvgIpc) is 2.68. The number of aromatic nitrogens is 3. The normalized spacial score (nSPS) is 10.5. The second-order valence-electron chi connectivity index (χ2n) is 2.66. The van der Waals surface area contributed by atoms with Gasteiger partial charge in [-0.15, -0.1) is 0 Å². The summed E-state index contributed by atoms with van der Waals surface area (Å²) in [6, 6.07) is 3.65. The van der Waals surface area contributed by atoms with Gasteiger partial charge in [0, 0.05) is 10.7 Å². The zero-order valence-corrected chi connectivity index (χ0v) is 9.14. The monoisotopic (exact) mass is 270 g/mol. The van der Waals surface area contributed by atoms with Crippen LogP contribution in [0, 0.1) is 0 Å². The molecule has 2 aromatic heterocycles. The molecule has 2 rings (SSSR count). The van der Waals surface area contributed by atoms with Crippen molar-refractivity contribution in [3.05, 3.63) is 28.7 Å². The molecular weight excluding hydrogens is 264 g/mol. The summed E-state index contributed by atoms with van der Waals surface area (Å²) in [5.41, 5.74) is 0.615. The van der Waals surface area contributed by atoms with Crippen molar-refractivity contribution in [1.82, 2.24) is 15.1 Å². The van der Waals surface area contributed by atoms with Crippen LogP contribution in [-0.4, -0.2) is 15.1 Å². The van der Waals surface area contributed by atoms with Crippen LogP contribution in [0.25, 0.3) is 11.5 Å². The minimum absolute atomic E-state index is 0.0808. The van der Waals surface area contributed by atoms with Crippen LogP contribution in [-0.2, 0) is 11.4 Å². The Labute approximate surface area is 93.5 Å². The Morgan fingerprint density at radius 3 is 3.13 bits per heavy atom. The van der Waals surface area contributed by atoms with Gasteiger partial charge in [0.2, 0.25) is 5.82 Å². The summed E-state index contributed by atoms with van der Waals surface area (Å²) >= 11 is 3.34. The van der Waals surface area contributed by atoms with E-state index in [4.69, 9.17) is 10.4 Å². The van der Waals surface area contributed by atoms with Gasteiger partial charge in [-0.2, -0.15) is 4.98 Å². The predicted molar refractivity (Wildman–Crippen MR) is 54.2 cm³/mol. The van der Waals surface area contributed by atoms with Crippen molar-refractivity contribution in [2.75, 3.05) is 0 Å². The number of pyridine rings is 1. The van der Waals surface area contributed by atoms with Crippen LogP contribution >= 0.6 is 15.9 Å². The van der Waals surface area contributed by atoms with Crippen LogP contribution in [0.1, 0.15) is 5.89 Å². The smallest absolute Gasteiger partial charge is 0.255 e. The summed E-state index contributed by atoms with van der Waals surface area (Å²) in [5.74, 6) is 5.59. The topological polar surface area (TPSA) is 87.1 Å². The summed E-state index contributed by atoms with van der Waals surface area (Å²) in [6.07, 6.45) is 1.65. The molecule has 15 heavy (non-hydrogen) atoms. The lowest BCUT2D eigenvalue weighted by molar-refractivity contribution is 0.0996. The van der Waals surface area contributed by atoms with Gasteiger partial charge in [0.15, 0.2) is 0 Å². The molecule has 0 amide bonds. The first-order chi connectivity index (χ1) is 7.31. The highest BCUT2D eigenvalue weighted by Crippen LogP contribution is 2.22. The molecule has 0 aliphatic rings. The number of nitrogens with zero attached hydrogens (tertiary/aromatic N) is 3. The summed E-state index contributed by atoms with van der Waals surface area (Å²) in [4.78, 5) is 12.6. The highest BCUT2D eigenvalue weighted by atomic mass is 79.9. The molecule has 0 unspecified atom stereocenters. The third-order valence-electron chi connectivity index (χ3n) is 1.65. The fourth-order valence-corrected chi connectivity index (χ4v) is 1.46. The molecule has 0 aliphatic carbocycles. The summed E-state index contributed by atoms with van der Waals surface area (Å²) < 4.78 is 5.68. The van der Waals surface area contributed by atoms with Crippen LogP contribution in [0.4, 0.5) is 0 Å². The van der Waals surface area contributed by atoms with Crippen molar-refractivity contribution in [2.24, 2.45) is 5.90 Å². The Morgan fingerprint density at radius 1 is 1.53 bits per heavy atom. The van der Waals surface area contributed by atoms with Gasteiger partial charge in [0.05, 0.1) is 0 Å². The SMILES string of the molecule is NOCc1nc(-c2ncccc2Br)no1. The van der Waals surface area contributed by atoms with Crippen molar-refractivity contribution < 1.29 is 9.36 Å². The highest BCUT2D eigenvalue weighted by molar-refractivity contribution is 9.10. The van der Waals surface area contributed by atoms with Gasteiger partial charge in [0.25, 0.3) is 5.89 Å². The Hall–Kier alpha value is -1.31. The van der Waals surface area contributed by atoms with E-state index in [0.717, 1.165) is 4.47 Å². The standard InChI is InChI=1S/C8H7BrN4O2/c9-5-2-1-3-11-7(5)8-12-6(4-14-10)15-13-8/h1-3H,4,10H2. The largest absolute Gasteiger partial charge is 0.336 e. The molecule has 2 heterocycles. The molecule has 7 heteroatoms. The fourth-order valence-electron chi connectivity index (χ4n) is 1.03. The molecule has 2 aromatic rings. The van der Waals surface area contributed by atoms with Crippen LogP contribution < -0.4 is 5.90 Å². The van der Waals surface area contributed by atoms with Gasteiger partial charge in [-0.1, -0.05) is 5.16 Å². The van der Waals surface area contributed by atoms with Crippen molar-refractivity contribution >= 4 is 15.9 Å². The molecule has 0 fully saturated rings. The molecule has 78 valence electrons. The first-order valence-electron chi connectivity index (χ1n) is 4.06. The van der Waals surface area contributed by atoms with E-state index < -0.39 is 0 Å². The van der Waals surface area contributed by atoms with Crippen LogP contribution in [0.15, 0.2) is 27.3 Å². The highest BCUT2D eigenvalue weighted by Gasteiger charge is 2.12. The van der Waals surface area contributed by atoms with Gasteiger partial charge in [-0.3, -0.25) is 9.82 Å². The molecule has 0 aromatic carbocycles. The van der Waals surface area contributed by atoms with E-state index >= 15 is 0 Å². The Bertz CT molecular complexity index is 459. The van der Waals surface area contributed by atoms with Gasteiger partial charge in [0.1, 0.15) is 12.3 Å². The predicted octanol–water partition coefficient (Wildman–Crippen LogP) is 1.28. The van der Waals surface area contributed by atoms with E-state index in [1.165, 1.54) is 0 Å². The third-order valence-corrected chi connectivity index (χ3v) is 2.29. The van der Waals surface area contributed by atoms with Gasteiger partial charge in [-0.25, -0.2) is 5.90 Å². The average molecular weight is 271 g/mol. The van der Waals surface area contributed by atoms with Gasteiger partial charge >= 0.3 is 0 Å². The lowest BCUT2D eigenvalue weighted by atomic mass is 10.3. The van der Waals surface area contributed by atoms with Gasteiger partial charge in [-0.05, 0) is 28.1 Å². The summed E-state index contributed by atoms with van der Waals surface area (Å²) in [6.45, 7) is 0.0808. The lowest BCUT2D eigenvalue weighted by Crippen LogP contribution is -1.98.